The van der Waals surface area contributed by atoms with Gasteiger partial charge in [-0.05, 0) is 191 Å². The molecule has 0 fully saturated rings. The van der Waals surface area contributed by atoms with Gasteiger partial charge >= 0.3 is 9.05 Å². The minimum atomic E-state index is -3.90. The molecule has 0 aromatic heterocycles. The summed E-state index contributed by atoms with van der Waals surface area (Å²) < 4.78 is 18.1. The van der Waals surface area contributed by atoms with Crippen molar-refractivity contribution in [3.63, 3.8) is 0 Å². The molecule has 0 rings (SSSR count). The highest BCUT2D eigenvalue weighted by Gasteiger charge is 2.61. The van der Waals surface area contributed by atoms with Crippen LogP contribution in [-0.2, 0) is 17.7 Å². The summed E-state index contributed by atoms with van der Waals surface area (Å²) in [5.74, 6) is 0. The van der Waals surface area contributed by atoms with Crippen LogP contribution in [-0.4, -0.2) is 18.4 Å². The summed E-state index contributed by atoms with van der Waals surface area (Å²) in [6.45, 7) is 0. The summed E-state index contributed by atoms with van der Waals surface area (Å²) in [5.41, 5.74) is 0. The van der Waals surface area contributed by atoms with E-state index in [0.29, 0.717) is 0 Å². The Bertz CT molecular complexity index is 270. The van der Waals surface area contributed by atoms with Gasteiger partial charge in [-0.1, -0.05) is 0 Å². The average Bonchev–Trinajstić information content (AvgIpc) is 1.83. The third kappa shape index (κ3) is 16.5. The summed E-state index contributed by atoms with van der Waals surface area (Å²) in [5, 5.41) is 0. The van der Waals surface area contributed by atoms with Crippen molar-refractivity contribution in [2.45, 2.75) is 9.32 Å². The van der Waals surface area contributed by atoms with Crippen LogP contribution in [0.3, 0.4) is 0 Å². The molecular formula is C4Br12O4Si. The van der Waals surface area contributed by atoms with Crippen molar-refractivity contribution >= 4 is 200 Å². The molecule has 0 aromatic carbocycles. The predicted octanol–water partition coefficient (Wildman–Crippen LogP) is 8.67. The second kappa shape index (κ2) is 10.0. The lowest BCUT2D eigenvalue weighted by Crippen LogP contribution is -2.57. The first-order valence-corrected chi connectivity index (χ1v) is 15.0. The molecule has 0 aliphatic rings. The highest BCUT2D eigenvalue weighted by Crippen LogP contribution is 2.50. The van der Waals surface area contributed by atoms with Crippen molar-refractivity contribution < 1.29 is 17.7 Å². The summed E-state index contributed by atoms with van der Waals surface area (Å²) in [7, 11) is -3.90. The minimum Gasteiger partial charge on any atom is -0.316 e. The molecule has 0 saturated heterocycles. The molecule has 4 nitrogen and oxygen atoms in total. The van der Waals surface area contributed by atoms with Crippen LogP contribution in [0.25, 0.3) is 0 Å². The number of hydrogen-bond acceptors (Lipinski definition) is 4. The zero-order valence-corrected chi connectivity index (χ0v) is 28.7. The van der Waals surface area contributed by atoms with Crippen molar-refractivity contribution in [3.8, 4) is 0 Å². The van der Waals surface area contributed by atoms with Gasteiger partial charge in [-0.15, -0.1) is 0 Å². The lowest BCUT2D eigenvalue weighted by atomic mass is 11.7. The number of halogens is 12. The Morgan fingerprint density at radius 1 is 0.381 bits per heavy atom. The van der Waals surface area contributed by atoms with E-state index >= 15 is 0 Å². The topological polar surface area (TPSA) is 36.9 Å². The van der Waals surface area contributed by atoms with E-state index < -0.39 is 18.4 Å². The molecule has 0 bridgehead atoms. The Hall–Kier alpha value is 5.82. The van der Waals surface area contributed by atoms with E-state index in [4.69, 9.17) is 17.7 Å². The van der Waals surface area contributed by atoms with Gasteiger partial charge < -0.3 is 17.7 Å². The fourth-order valence-electron chi connectivity index (χ4n) is 0.692. The Morgan fingerprint density at radius 3 is 0.619 bits per heavy atom. The molecule has 0 N–H and O–H groups in total. The van der Waals surface area contributed by atoms with Gasteiger partial charge in [0.05, 0.1) is 0 Å². The number of alkyl halides is 12. The lowest BCUT2D eigenvalue weighted by molar-refractivity contribution is -0.0196. The summed E-state index contributed by atoms with van der Waals surface area (Å²) >= 11 is 38.5. The summed E-state index contributed by atoms with van der Waals surface area (Å²) in [6.07, 6.45) is 0. The molecule has 17 heteroatoms. The van der Waals surface area contributed by atoms with Crippen LogP contribution in [0.5, 0.6) is 0 Å². The SMILES string of the molecule is BrC(Br)(Br)O[Si](OC(Br)(Br)Br)(OC(Br)(Br)Br)OC(Br)(Br)Br. The fraction of sp³-hybridized carbons (Fsp3) is 1.00. The maximum atomic E-state index is 5.71. The van der Waals surface area contributed by atoms with Crippen molar-refractivity contribution in [2.75, 3.05) is 0 Å². The first-order chi connectivity index (χ1) is 8.83. The molecule has 0 aliphatic heterocycles. The number of hydrogen-bond donors (Lipinski definition) is 0. The first-order valence-electron chi connectivity index (χ1n) is 3.90. The molecular weight excluding hydrogens is 1100 g/mol. The quantitative estimate of drug-likeness (QED) is 0.209. The Kier molecular flexibility index (Phi) is 12.8. The molecule has 0 saturated carbocycles. The van der Waals surface area contributed by atoms with Crippen LogP contribution in [0.15, 0.2) is 0 Å². The zero-order valence-electron chi connectivity index (χ0n) is 8.67. The van der Waals surface area contributed by atoms with Crippen molar-refractivity contribution in [1.29, 1.82) is 0 Å². The smallest absolute Gasteiger partial charge is 0.316 e. The second-order valence-corrected chi connectivity index (χ2v) is 30.7. The molecule has 0 amide bonds. The van der Waals surface area contributed by atoms with E-state index in [1.807, 2.05) is 0 Å². The summed E-state index contributed by atoms with van der Waals surface area (Å²) in [4.78, 5) is 0. The summed E-state index contributed by atoms with van der Waals surface area (Å²) in [6, 6.07) is 0. The maximum Gasteiger partial charge on any atom is 0.689 e. The molecule has 0 heterocycles. The van der Waals surface area contributed by atoms with Gasteiger partial charge in [-0.2, -0.15) is 0 Å². The average molecular weight is 1100 g/mol. The van der Waals surface area contributed by atoms with Gasteiger partial charge in [0.1, 0.15) is 0 Å². The third-order valence-electron chi connectivity index (χ3n) is 0.963. The van der Waals surface area contributed by atoms with E-state index in [2.05, 4.69) is 191 Å². The second-order valence-electron chi connectivity index (χ2n) is 2.69. The molecule has 0 atom stereocenters. The predicted molar refractivity (Wildman–Crippen MR) is 128 cm³/mol. The third-order valence-corrected chi connectivity index (χ3v) is 8.72. The van der Waals surface area contributed by atoms with E-state index in [9.17, 15) is 0 Å². The van der Waals surface area contributed by atoms with E-state index in [-0.39, 0.29) is 0 Å². The van der Waals surface area contributed by atoms with Crippen LogP contribution in [0, 0.1) is 0 Å². The molecule has 0 unspecified atom stereocenters. The normalized spacial score (nSPS) is 15.4. The molecule has 0 aliphatic carbocycles. The van der Waals surface area contributed by atoms with Gasteiger partial charge in [0, 0.05) is 0 Å². The van der Waals surface area contributed by atoms with E-state index in [1.54, 1.807) is 0 Å². The van der Waals surface area contributed by atoms with E-state index in [0.717, 1.165) is 0 Å². The highest BCUT2D eigenvalue weighted by atomic mass is 80.0. The van der Waals surface area contributed by atoms with Crippen molar-refractivity contribution in [3.05, 3.63) is 0 Å². The first kappa shape index (κ1) is 26.8. The Morgan fingerprint density at radius 2 is 0.524 bits per heavy atom. The molecule has 0 spiro atoms. The molecule has 0 radical (unpaired) electrons. The van der Waals surface area contributed by atoms with E-state index in [1.165, 1.54) is 0 Å². The molecule has 21 heavy (non-hydrogen) atoms. The monoisotopic (exact) mass is 1090 g/mol. The highest BCUT2D eigenvalue weighted by molar-refractivity contribution is 9.40. The lowest BCUT2D eigenvalue weighted by Gasteiger charge is -2.37. The molecule has 0 aromatic rings. The van der Waals surface area contributed by atoms with Gasteiger partial charge in [0.25, 0.3) is 0 Å². The van der Waals surface area contributed by atoms with Gasteiger partial charge in [-0.3, -0.25) is 0 Å². The zero-order chi connectivity index (χ0) is 17.3. The van der Waals surface area contributed by atoms with Crippen LogP contribution >= 0.6 is 191 Å². The van der Waals surface area contributed by atoms with Gasteiger partial charge in [0.15, 0.2) is 0 Å². The van der Waals surface area contributed by atoms with Crippen LogP contribution in [0.2, 0.25) is 0 Å². The van der Waals surface area contributed by atoms with Gasteiger partial charge in [0.2, 0.25) is 9.32 Å². The van der Waals surface area contributed by atoms with Crippen LogP contribution < -0.4 is 0 Å². The fourth-order valence-corrected chi connectivity index (χ4v) is 9.21. The van der Waals surface area contributed by atoms with Crippen LogP contribution in [0.4, 0.5) is 0 Å². The maximum absolute atomic E-state index is 5.71. The van der Waals surface area contributed by atoms with Crippen molar-refractivity contribution in [1.82, 2.24) is 0 Å². The van der Waals surface area contributed by atoms with Crippen LogP contribution in [0.1, 0.15) is 0 Å². The van der Waals surface area contributed by atoms with Gasteiger partial charge in [-0.25, -0.2) is 0 Å². The Labute approximate surface area is 223 Å². The standard InChI is InChI=1S/C4Br12O4Si/c5-1(6,7)17-21(18-2(8,9)10,19-3(11,12)13)20-4(14,15)16. The Balaban J connectivity index is 5.70. The van der Waals surface area contributed by atoms with Crippen molar-refractivity contribution in [2.24, 2.45) is 0 Å². The largest absolute Gasteiger partial charge is 0.689 e. The molecule has 128 valence electrons. The number of rotatable bonds is 4. The minimum absolute atomic E-state index is 1.17.